The molecule has 2 aromatic rings. The van der Waals surface area contributed by atoms with Gasteiger partial charge in [0.15, 0.2) is 0 Å². The standard InChI is InChI=1S/C17H23N5O/c1-12(2)20-17-21-15(13-5-7-18-8-6-13)10-16(22-17)19-11-14-4-3-9-23-14/h5-8,10,12,14H,3-4,9,11H2,1-2H3,(H2,19,20,21,22)/t14-/m0/s1. The van der Waals surface area contributed by atoms with Crippen LogP contribution in [0.5, 0.6) is 0 Å². The maximum atomic E-state index is 5.65. The summed E-state index contributed by atoms with van der Waals surface area (Å²) in [5.74, 6) is 1.44. The fourth-order valence-electron chi connectivity index (χ4n) is 2.55. The Morgan fingerprint density at radius 1 is 1.26 bits per heavy atom. The lowest BCUT2D eigenvalue weighted by molar-refractivity contribution is 0.120. The Bertz CT molecular complexity index is 626. The van der Waals surface area contributed by atoms with E-state index in [9.17, 15) is 0 Å². The number of rotatable bonds is 6. The predicted octanol–water partition coefficient (Wildman–Crippen LogP) is 2.95. The van der Waals surface area contributed by atoms with E-state index < -0.39 is 0 Å². The van der Waals surface area contributed by atoms with Crippen molar-refractivity contribution >= 4 is 11.8 Å². The molecule has 6 heteroatoms. The lowest BCUT2D eigenvalue weighted by atomic mass is 10.2. The normalized spacial score (nSPS) is 17.4. The number of ether oxygens (including phenoxy) is 1. The van der Waals surface area contributed by atoms with Gasteiger partial charge in [0.2, 0.25) is 5.95 Å². The third-order valence-electron chi connectivity index (χ3n) is 3.65. The van der Waals surface area contributed by atoms with Crippen molar-refractivity contribution in [2.75, 3.05) is 23.8 Å². The van der Waals surface area contributed by atoms with Crippen molar-refractivity contribution in [1.29, 1.82) is 0 Å². The van der Waals surface area contributed by atoms with E-state index in [1.807, 2.05) is 18.2 Å². The summed E-state index contributed by atoms with van der Waals surface area (Å²) in [7, 11) is 0. The number of nitrogens with one attached hydrogen (secondary N) is 2. The van der Waals surface area contributed by atoms with Gasteiger partial charge in [-0.05, 0) is 38.8 Å². The molecule has 0 spiro atoms. The molecular weight excluding hydrogens is 290 g/mol. The molecule has 0 aromatic carbocycles. The van der Waals surface area contributed by atoms with Crippen LogP contribution in [0.3, 0.4) is 0 Å². The van der Waals surface area contributed by atoms with Crippen molar-refractivity contribution < 1.29 is 4.74 Å². The van der Waals surface area contributed by atoms with Gasteiger partial charge in [-0.2, -0.15) is 4.98 Å². The first-order valence-corrected chi connectivity index (χ1v) is 8.12. The second kappa shape index (κ2) is 7.37. The lowest BCUT2D eigenvalue weighted by Crippen LogP contribution is -2.20. The molecule has 6 nitrogen and oxygen atoms in total. The molecule has 1 atom stereocenters. The minimum atomic E-state index is 0.272. The number of pyridine rings is 1. The number of hydrogen-bond acceptors (Lipinski definition) is 6. The van der Waals surface area contributed by atoms with Crippen molar-refractivity contribution in [1.82, 2.24) is 15.0 Å². The highest BCUT2D eigenvalue weighted by atomic mass is 16.5. The average molecular weight is 313 g/mol. The van der Waals surface area contributed by atoms with Crippen molar-refractivity contribution in [2.45, 2.75) is 38.8 Å². The summed E-state index contributed by atoms with van der Waals surface area (Å²) < 4.78 is 5.65. The highest BCUT2D eigenvalue weighted by Gasteiger charge is 2.16. The maximum Gasteiger partial charge on any atom is 0.225 e. The van der Waals surface area contributed by atoms with Crippen LogP contribution < -0.4 is 10.6 Å². The van der Waals surface area contributed by atoms with E-state index in [1.54, 1.807) is 12.4 Å². The summed E-state index contributed by atoms with van der Waals surface area (Å²) in [4.78, 5) is 13.2. The van der Waals surface area contributed by atoms with Gasteiger partial charge in [0, 0.05) is 43.2 Å². The van der Waals surface area contributed by atoms with Crippen molar-refractivity contribution in [2.24, 2.45) is 0 Å². The molecule has 0 aliphatic carbocycles. The van der Waals surface area contributed by atoms with Gasteiger partial charge in [-0.1, -0.05) is 0 Å². The molecule has 1 aliphatic heterocycles. The molecule has 2 N–H and O–H groups in total. The summed E-state index contributed by atoms with van der Waals surface area (Å²) >= 11 is 0. The van der Waals surface area contributed by atoms with E-state index in [0.29, 0.717) is 5.95 Å². The zero-order valence-corrected chi connectivity index (χ0v) is 13.6. The number of anilines is 2. The zero-order valence-electron chi connectivity index (χ0n) is 13.6. The highest BCUT2D eigenvalue weighted by Crippen LogP contribution is 2.22. The second-order valence-electron chi connectivity index (χ2n) is 6.01. The number of hydrogen-bond donors (Lipinski definition) is 2. The van der Waals surface area contributed by atoms with Crippen LogP contribution in [0.15, 0.2) is 30.6 Å². The van der Waals surface area contributed by atoms with Crippen LogP contribution in [0.25, 0.3) is 11.3 Å². The van der Waals surface area contributed by atoms with E-state index in [0.717, 1.165) is 43.1 Å². The molecule has 23 heavy (non-hydrogen) atoms. The topological polar surface area (TPSA) is 72.0 Å². The Labute approximate surface area is 136 Å². The SMILES string of the molecule is CC(C)Nc1nc(NC[C@@H]2CCCO2)cc(-c2ccncc2)n1. The fraction of sp³-hybridized carbons (Fsp3) is 0.471. The minimum Gasteiger partial charge on any atom is -0.376 e. The van der Waals surface area contributed by atoms with E-state index in [1.165, 1.54) is 0 Å². The van der Waals surface area contributed by atoms with E-state index in [-0.39, 0.29) is 12.1 Å². The third kappa shape index (κ3) is 4.39. The van der Waals surface area contributed by atoms with Crippen LogP contribution in [0.4, 0.5) is 11.8 Å². The van der Waals surface area contributed by atoms with Crippen LogP contribution >= 0.6 is 0 Å². The first-order chi connectivity index (χ1) is 11.2. The molecule has 122 valence electrons. The Morgan fingerprint density at radius 3 is 2.78 bits per heavy atom. The Hall–Kier alpha value is -2.21. The molecule has 0 amide bonds. The Kier molecular flexibility index (Phi) is 5.02. The Morgan fingerprint density at radius 2 is 2.09 bits per heavy atom. The molecule has 0 unspecified atom stereocenters. The van der Waals surface area contributed by atoms with Crippen molar-refractivity contribution in [3.63, 3.8) is 0 Å². The monoisotopic (exact) mass is 313 g/mol. The minimum absolute atomic E-state index is 0.272. The first-order valence-electron chi connectivity index (χ1n) is 8.12. The summed E-state index contributed by atoms with van der Waals surface area (Å²) in [5, 5.41) is 6.65. The van der Waals surface area contributed by atoms with Crippen LogP contribution in [-0.4, -0.2) is 40.2 Å². The molecule has 0 radical (unpaired) electrons. The third-order valence-corrected chi connectivity index (χ3v) is 3.65. The number of nitrogens with zero attached hydrogens (tertiary/aromatic N) is 3. The summed E-state index contributed by atoms with van der Waals surface area (Å²) in [6.07, 6.45) is 6.06. The molecule has 0 saturated carbocycles. The van der Waals surface area contributed by atoms with Gasteiger partial charge in [0.1, 0.15) is 5.82 Å². The van der Waals surface area contributed by atoms with E-state index in [4.69, 9.17) is 4.74 Å². The van der Waals surface area contributed by atoms with Crippen LogP contribution in [0, 0.1) is 0 Å². The molecule has 1 fully saturated rings. The molecule has 1 aliphatic rings. The zero-order chi connectivity index (χ0) is 16.1. The van der Waals surface area contributed by atoms with Crippen LogP contribution in [0.2, 0.25) is 0 Å². The second-order valence-corrected chi connectivity index (χ2v) is 6.01. The number of aromatic nitrogens is 3. The molecule has 2 aromatic heterocycles. The van der Waals surface area contributed by atoms with Gasteiger partial charge in [0.05, 0.1) is 11.8 Å². The molecular formula is C17H23N5O. The van der Waals surface area contributed by atoms with Gasteiger partial charge >= 0.3 is 0 Å². The smallest absolute Gasteiger partial charge is 0.225 e. The summed E-state index contributed by atoms with van der Waals surface area (Å²) in [6, 6.07) is 6.14. The summed E-state index contributed by atoms with van der Waals surface area (Å²) in [6.45, 7) is 5.77. The quantitative estimate of drug-likeness (QED) is 0.854. The molecule has 1 saturated heterocycles. The maximum absolute atomic E-state index is 5.65. The van der Waals surface area contributed by atoms with Gasteiger partial charge in [-0.15, -0.1) is 0 Å². The average Bonchev–Trinajstić information content (AvgIpc) is 3.06. The van der Waals surface area contributed by atoms with Gasteiger partial charge in [-0.3, -0.25) is 4.98 Å². The van der Waals surface area contributed by atoms with Gasteiger partial charge in [0.25, 0.3) is 0 Å². The largest absolute Gasteiger partial charge is 0.376 e. The van der Waals surface area contributed by atoms with Crippen LogP contribution in [-0.2, 0) is 4.74 Å². The van der Waals surface area contributed by atoms with Crippen molar-refractivity contribution in [3.8, 4) is 11.3 Å². The highest BCUT2D eigenvalue weighted by molar-refractivity contribution is 5.63. The Balaban J connectivity index is 1.81. The summed E-state index contributed by atoms with van der Waals surface area (Å²) in [5.41, 5.74) is 1.90. The first kappa shape index (κ1) is 15.7. The van der Waals surface area contributed by atoms with Crippen molar-refractivity contribution in [3.05, 3.63) is 30.6 Å². The van der Waals surface area contributed by atoms with Gasteiger partial charge < -0.3 is 15.4 Å². The molecule has 0 bridgehead atoms. The lowest BCUT2D eigenvalue weighted by Gasteiger charge is -2.15. The van der Waals surface area contributed by atoms with Crippen LogP contribution in [0.1, 0.15) is 26.7 Å². The predicted molar refractivity (Wildman–Crippen MR) is 91.5 cm³/mol. The fourth-order valence-corrected chi connectivity index (χ4v) is 2.55. The molecule has 3 heterocycles. The molecule has 3 rings (SSSR count). The van der Waals surface area contributed by atoms with E-state index in [2.05, 4.69) is 39.4 Å². The van der Waals surface area contributed by atoms with E-state index >= 15 is 0 Å². The van der Waals surface area contributed by atoms with Gasteiger partial charge in [-0.25, -0.2) is 4.98 Å².